The first-order valence-corrected chi connectivity index (χ1v) is 10.5. The molecular weight excluding hydrogens is 484 g/mol. The Morgan fingerprint density at radius 1 is 1.09 bits per heavy atom. The van der Waals surface area contributed by atoms with Crippen LogP contribution >= 0.6 is 23.2 Å². The molecular formula is C21H15Cl2F3N4O3. The summed E-state index contributed by atoms with van der Waals surface area (Å²) >= 11 is 11.8. The second kappa shape index (κ2) is 8.03. The van der Waals surface area contributed by atoms with E-state index in [4.69, 9.17) is 32.7 Å². The summed E-state index contributed by atoms with van der Waals surface area (Å²) < 4.78 is 53.1. The van der Waals surface area contributed by atoms with Crippen molar-refractivity contribution in [2.45, 2.75) is 24.7 Å². The Morgan fingerprint density at radius 3 is 2.64 bits per heavy atom. The SMILES string of the molecule is O=C(Nc1ccc(Cl)c(Cl)c1)c1cc2n(n1)C(C(F)(F)F)CC(c1ccc3c(c1)OCO3)N2. The van der Waals surface area contributed by atoms with Gasteiger partial charge in [0.25, 0.3) is 5.91 Å². The summed E-state index contributed by atoms with van der Waals surface area (Å²) in [5.41, 5.74) is 0.755. The molecule has 2 aliphatic heterocycles. The number of nitrogens with one attached hydrogen (secondary N) is 2. The van der Waals surface area contributed by atoms with E-state index in [1.165, 1.54) is 24.3 Å². The fourth-order valence-electron chi connectivity index (χ4n) is 3.80. The molecule has 3 aromatic rings. The highest BCUT2D eigenvalue weighted by atomic mass is 35.5. The fraction of sp³-hybridized carbons (Fsp3) is 0.238. The monoisotopic (exact) mass is 498 g/mol. The first-order valence-electron chi connectivity index (χ1n) is 9.78. The number of alkyl halides is 3. The van der Waals surface area contributed by atoms with Gasteiger partial charge in [0.05, 0.1) is 16.1 Å². The van der Waals surface area contributed by atoms with Crippen LogP contribution in [0.15, 0.2) is 42.5 Å². The van der Waals surface area contributed by atoms with Gasteiger partial charge in [0.15, 0.2) is 23.2 Å². The van der Waals surface area contributed by atoms with Crippen LogP contribution < -0.4 is 20.1 Å². The maximum atomic E-state index is 13.9. The van der Waals surface area contributed by atoms with E-state index in [1.807, 2.05) is 0 Å². The van der Waals surface area contributed by atoms with E-state index in [0.29, 0.717) is 27.8 Å². The summed E-state index contributed by atoms with van der Waals surface area (Å²) in [7, 11) is 0. The van der Waals surface area contributed by atoms with E-state index in [0.717, 1.165) is 4.68 Å². The number of carbonyl (C=O) groups is 1. The van der Waals surface area contributed by atoms with E-state index < -0.39 is 24.2 Å². The van der Waals surface area contributed by atoms with E-state index >= 15 is 0 Å². The number of halogens is 5. The van der Waals surface area contributed by atoms with Gasteiger partial charge in [0, 0.05) is 18.2 Å². The summed E-state index contributed by atoms with van der Waals surface area (Å²) in [4.78, 5) is 12.7. The highest BCUT2D eigenvalue weighted by molar-refractivity contribution is 6.42. The largest absolute Gasteiger partial charge is 0.454 e. The summed E-state index contributed by atoms with van der Waals surface area (Å²) in [6, 6.07) is 8.12. The molecule has 33 heavy (non-hydrogen) atoms. The predicted octanol–water partition coefficient (Wildman–Crippen LogP) is 5.83. The Labute approximate surface area is 195 Å². The lowest BCUT2D eigenvalue weighted by molar-refractivity contribution is -0.173. The number of aromatic nitrogens is 2. The topological polar surface area (TPSA) is 77.4 Å². The molecule has 0 radical (unpaired) electrons. The Balaban J connectivity index is 1.44. The van der Waals surface area contributed by atoms with Gasteiger partial charge in [-0.1, -0.05) is 29.3 Å². The number of hydrogen-bond acceptors (Lipinski definition) is 5. The lowest BCUT2D eigenvalue weighted by atomic mass is 9.96. The van der Waals surface area contributed by atoms with Crippen molar-refractivity contribution in [2.24, 2.45) is 0 Å². The van der Waals surface area contributed by atoms with E-state index in [-0.39, 0.29) is 29.7 Å². The van der Waals surface area contributed by atoms with Gasteiger partial charge in [0.2, 0.25) is 6.79 Å². The first kappa shape index (κ1) is 21.7. The molecule has 2 unspecified atom stereocenters. The normalized spacial score (nSPS) is 19.1. The van der Waals surface area contributed by atoms with Crippen molar-refractivity contribution in [3.05, 3.63) is 63.8 Å². The maximum absolute atomic E-state index is 13.9. The van der Waals surface area contributed by atoms with Gasteiger partial charge in [-0.3, -0.25) is 4.79 Å². The average molecular weight is 499 g/mol. The van der Waals surface area contributed by atoms with Crippen LogP contribution in [0.5, 0.6) is 11.5 Å². The van der Waals surface area contributed by atoms with Crippen LogP contribution in [0.2, 0.25) is 10.0 Å². The zero-order chi connectivity index (χ0) is 23.3. The van der Waals surface area contributed by atoms with Crippen LogP contribution in [0.3, 0.4) is 0 Å². The van der Waals surface area contributed by atoms with Crippen molar-refractivity contribution >= 4 is 40.6 Å². The molecule has 1 aromatic heterocycles. The molecule has 1 amide bonds. The molecule has 12 heteroatoms. The van der Waals surface area contributed by atoms with Gasteiger partial charge in [-0.2, -0.15) is 18.3 Å². The zero-order valence-electron chi connectivity index (χ0n) is 16.6. The lowest BCUT2D eigenvalue weighted by Crippen LogP contribution is -2.35. The van der Waals surface area contributed by atoms with Crippen LogP contribution in [-0.2, 0) is 0 Å². The number of rotatable bonds is 3. The molecule has 0 fully saturated rings. The predicted molar refractivity (Wildman–Crippen MR) is 115 cm³/mol. The number of anilines is 2. The van der Waals surface area contributed by atoms with E-state index in [1.54, 1.807) is 18.2 Å². The lowest BCUT2D eigenvalue weighted by Gasteiger charge is -2.33. The minimum Gasteiger partial charge on any atom is -0.454 e. The minimum atomic E-state index is -4.57. The number of nitrogens with zero attached hydrogens (tertiary/aromatic N) is 2. The van der Waals surface area contributed by atoms with Crippen LogP contribution in [0, 0.1) is 0 Å². The molecule has 2 aromatic carbocycles. The number of ether oxygens (including phenoxy) is 2. The summed E-state index contributed by atoms with van der Waals surface area (Å²) in [5.74, 6) is 0.398. The van der Waals surface area contributed by atoms with Crippen LogP contribution in [0.25, 0.3) is 0 Å². The highest BCUT2D eigenvalue weighted by Crippen LogP contribution is 2.45. The third-order valence-corrected chi connectivity index (χ3v) is 6.14. The number of carbonyl (C=O) groups excluding carboxylic acids is 1. The molecule has 2 atom stereocenters. The average Bonchev–Trinajstić information content (AvgIpc) is 3.41. The summed E-state index contributed by atoms with van der Waals surface area (Å²) in [6.07, 6.45) is -4.89. The second-order valence-corrected chi connectivity index (χ2v) is 8.36. The summed E-state index contributed by atoms with van der Waals surface area (Å²) in [5, 5.41) is 10.1. The van der Waals surface area contributed by atoms with E-state index in [9.17, 15) is 18.0 Å². The second-order valence-electron chi connectivity index (χ2n) is 7.55. The Bertz CT molecular complexity index is 1250. The molecule has 2 N–H and O–H groups in total. The Morgan fingerprint density at radius 2 is 1.88 bits per heavy atom. The van der Waals surface area contributed by atoms with Gasteiger partial charge in [-0.05, 0) is 35.9 Å². The Kier molecular flexibility index (Phi) is 5.29. The van der Waals surface area contributed by atoms with Crippen molar-refractivity contribution in [1.82, 2.24) is 9.78 Å². The Hall–Kier alpha value is -3.11. The molecule has 5 rings (SSSR count). The summed E-state index contributed by atoms with van der Waals surface area (Å²) in [6.45, 7) is 0.0616. The third kappa shape index (κ3) is 4.16. The van der Waals surface area contributed by atoms with Crippen LogP contribution in [0.1, 0.15) is 34.6 Å². The van der Waals surface area contributed by atoms with Crippen molar-refractivity contribution in [3.8, 4) is 11.5 Å². The zero-order valence-corrected chi connectivity index (χ0v) is 18.1. The number of fused-ring (bicyclic) bond motifs is 2. The molecule has 3 heterocycles. The smallest absolute Gasteiger partial charge is 0.410 e. The molecule has 0 saturated heterocycles. The van der Waals surface area contributed by atoms with Crippen LogP contribution in [-0.4, -0.2) is 28.7 Å². The molecule has 172 valence electrons. The van der Waals surface area contributed by atoms with E-state index in [2.05, 4.69) is 15.7 Å². The number of benzene rings is 2. The first-order chi connectivity index (χ1) is 15.7. The van der Waals surface area contributed by atoms with Gasteiger partial charge in [0.1, 0.15) is 5.82 Å². The van der Waals surface area contributed by atoms with Gasteiger partial charge < -0.3 is 20.1 Å². The fourth-order valence-corrected chi connectivity index (χ4v) is 4.10. The van der Waals surface area contributed by atoms with Crippen molar-refractivity contribution in [2.75, 3.05) is 17.4 Å². The van der Waals surface area contributed by atoms with Gasteiger partial charge in [-0.25, -0.2) is 4.68 Å². The van der Waals surface area contributed by atoms with Crippen molar-refractivity contribution in [1.29, 1.82) is 0 Å². The maximum Gasteiger partial charge on any atom is 0.410 e. The van der Waals surface area contributed by atoms with Gasteiger partial charge in [-0.15, -0.1) is 0 Å². The van der Waals surface area contributed by atoms with Crippen LogP contribution in [0.4, 0.5) is 24.7 Å². The molecule has 7 nitrogen and oxygen atoms in total. The molecule has 0 spiro atoms. The van der Waals surface area contributed by atoms with Gasteiger partial charge >= 0.3 is 6.18 Å². The molecule has 0 saturated carbocycles. The van der Waals surface area contributed by atoms with Crippen molar-refractivity contribution in [3.63, 3.8) is 0 Å². The highest BCUT2D eigenvalue weighted by Gasteiger charge is 2.47. The molecule has 0 aliphatic carbocycles. The number of hydrogen-bond donors (Lipinski definition) is 2. The number of amides is 1. The molecule has 0 bridgehead atoms. The quantitative estimate of drug-likeness (QED) is 0.474. The third-order valence-electron chi connectivity index (χ3n) is 5.40. The van der Waals surface area contributed by atoms with Crippen molar-refractivity contribution < 1.29 is 27.4 Å². The standard InChI is InChI=1S/C21H15Cl2F3N4O3/c22-12-3-2-11(6-13(12)23)27-20(31)15-8-19-28-14(7-18(21(24,25)26)30(19)29-15)10-1-4-16-17(5-10)33-9-32-16/h1-6,8,14,18,28H,7,9H2,(H,27,31). The molecule has 2 aliphatic rings. The minimum absolute atomic E-state index is 0.0616.